The molecule has 0 aliphatic heterocycles. The topological polar surface area (TPSA) is 57.8 Å². The minimum absolute atomic E-state index is 0.00297. The number of carbonyl (C=O) groups is 1. The van der Waals surface area contributed by atoms with E-state index in [1.807, 2.05) is 133 Å². The standard InChI is InChI=1S/C36H24ClN3O/c37-31-16-19-33(20-17-31)40-34(26-10-3-1-4-11-26)23-29(35(40)27-12-5-2-6-13-27)21-30(24-38)36(41)39-32-18-15-25-9-7-8-14-28(25)22-32/h1-23H,(H,39,41). The summed E-state index contributed by atoms with van der Waals surface area (Å²) in [5, 5.41) is 15.7. The summed E-state index contributed by atoms with van der Waals surface area (Å²) < 4.78 is 2.14. The number of carbonyl (C=O) groups excluding carboxylic acids is 1. The second-order valence-corrected chi connectivity index (χ2v) is 10.00. The van der Waals surface area contributed by atoms with E-state index in [4.69, 9.17) is 11.6 Å². The number of aromatic nitrogens is 1. The van der Waals surface area contributed by atoms with E-state index in [1.165, 1.54) is 0 Å². The highest BCUT2D eigenvalue weighted by molar-refractivity contribution is 6.30. The molecule has 0 aliphatic rings. The van der Waals surface area contributed by atoms with Crippen LogP contribution in [-0.4, -0.2) is 10.5 Å². The van der Waals surface area contributed by atoms with Gasteiger partial charge in [-0.1, -0.05) is 103 Å². The van der Waals surface area contributed by atoms with Crippen molar-refractivity contribution >= 4 is 40.0 Å². The Labute approximate surface area is 243 Å². The molecule has 0 fully saturated rings. The summed E-state index contributed by atoms with van der Waals surface area (Å²) in [7, 11) is 0. The smallest absolute Gasteiger partial charge is 0.266 e. The number of halogens is 1. The summed E-state index contributed by atoms with van der Waals surface area (Å²) in [6.07, 6.45) is 1.66. The minimum Gasteiger partial charge on any atom is -0.321 e. The van der Waals surface area contributed by atoms with Crippen LogP contribution in [-0.2, 0) is 4.79 Å². The van der Waals surface area contributed by atoms with Crippen molar-refractivity contribution < 1.29 is 4.79 Å². The second kappa shape index (κ2) is 11.4. The number of nitriles is 1. The highest BCUT2D eigenvalue weighted by atomic mass is 35.5. The first-order valence-electron chi connectivity index (χ1n) is 13.2. The Morgan fingerprint density at radius 2 is 1.37 bits per heavy atom. The van der Waals surface area contributed by atoms with Gasteiger partial charge >= 0.3 is 0 Å². The number of anilines is 1. The number of rotatable bonds is 6. The molecule has 5 aromatic carbocycles. The molecular weight excluding hydrogens is 526 g/mol. The fourth-order valence-corrected chi connectivity index (χ4v) is 5.11. The second-order valence-electron chi connectivity index (χ2n) is 9.56. The monoisotopic (exact) mass is 549 g/mol. The van der Waals surface area contributed by atoms with Gasteiger partial charge < -0.3 is 9.88 Å². The van der Waals surface area contributed by atoms with E-state index in [-0.39, 0.29) is 5.57 Å². The summed E-state index contributed by atoms with van der Waals surface area (Å²) in [6.45, 7) is 0. The number of hydrogen-bond acceptors (Lipinski definition) is 2. The third kappa shape index (κ3) is 5.40. The van der Waals surface area contributed by atoms with Crippen molar-refractivity contribution in [3.05, 3.63) is 150 Å². The van der Waals surface area contributed by atoms with Gasteiger partial charge in [0.05, 0.1) is 11.4 Å². The summed E-state index contributed by atoms with van der Waals surface area (Å²) in [6, 6.07) is 45.4. The molecule has 0 bridgehead atoms. The molecule has 1 N–H and O–H groups in total. The van der Waals surface area contributed by atoms with Crippen LogP contribution >= 0.6 is 11.6 Å². The number of benzene rings is 5. The van der Waals surface area contributed by atoms with E-state index < -0.39 is 5.91 Å². The Bertz CT molecular complexity index is 1930. The van der Waals surface area contributed by atoms with Crippen LogP contribution < -0.4 is 5.32 Å². The van der Waals surface area contributed by atoms with Crippen LogP contribution in [0.4, 0.5) is 5.69 Å². The zero-order valence-corrected chi connectivity index (χ0v) is 22.7. The van der Waals surface area contributed by atoms with Crippen molar-refractivity contribution in [2.24, 2.45) is 0 Å². The van der Waals surface area contributed by atoms with Gasteiger partial charge in [-0.2, -0.15) is 5.26 Å². The van der Waals surface area contributed by atoms with E-state index in [1.54, 1.807) is 6.08 Å². The molecule has 0 atom stereocenters. The van der Waals surface area contributed by atoms with E-state index in [0.29, 0.717) is 10.7 Å². The predicted octanol–water partition coefficient (Wildman–Crippen LogP) is 9.16. The molecule has 1 heterocycles. The van der Waals surface area contributed by atoms with Crippen LogP contribution in [0.3, 0.4) is 0 Å². The molecule has 0 unspecified atom stereocenters. The first kappa shape index (κ1) is 25.9. The summed E-state index contributed by atoms with van der Waals surface area (Å²) in [5.41, 5.74) is 6.01. The fourth-order valence-electron chi connectivity index (χ4n) is 4.98. The molecule has 6 rings (SSSR count). The maximum absolute atomic E-state index is 13.4. The number of nitrogens with one attached hydrogen (secondary N) is 1. The maximum atomic E-state index is 13.4. The lowest BCUT2D eigenvalue weighted by Gasteiger charge is -2.15. The molecule has 4 nitrogen and oxygen atoms in total. The van der Waals surface area contributed by atoms with Gasteiger partial charge in [0.2, 0.25) is 0 Å². The van der Waals surface area contributed by atoms with Gasteiger partial charge in [-0.15, -0.1) is 0 Å². The first-order chi connectivity index (χ1) is 20.1. The summed E-state index contributed by atoms with van der Waals surface area (Å²) in [5.74, 6) is -0.470. The van der Waals surface area contributed by atoms with Crippen LogP contribution in [0.5, 0.6) is 0 Å². The number of fused-ring (bicyclic) bond motifs is 1. The third-order valence-corrected chi connectivity index (χ3v) is 7.16. The van der Waals surface area contributed by atoms with Crippen molar-refractivity contribution in [1.29, 1.82) is 5.26 Å². The first-order valence-corrected chi connectivity index (χ1v) is 13.5. The Morgan fingerprint density at radius 3 is 2.05 bits per heavy atom. The Morgan fingerprint density at radius 1 is 0.732 bits per heavy atom. The van der Waals surface area contributed by atoms with E-state index >= 15 is 0 Å². The van der Waals surface area contributed by atoms with Gasteiger partial charge in [-0.3, -0.25) is 4.79 Å². The molecule has 196 valence electrons. The van der Waals surface area contributed by atoms with Crippen LogP contribution in [0.25, 0.3) is 45.1 Å². The van der Waals surface area contributed by atoms with Crippen LogP contribution in [0.15, 0.2) is 139 Å². The molecule has 0 saturated heterocycles. The molecule has 41 heavy (non-hydrogen) atoms. The largest absolute Gasteiger partial charge is 0.321 e. The SMILES string of the molecule is N#CC(=Cc1cc(-c2ccccc2)n(-c2ccc(Cl)cc2)c1-c1ccccc1)C(=O)Nc1ccc2ccccc2c1. The van der Waals surface area contributed by atoms with Gasteiger partial charge in [0.25, 0.3) is 5.91 Å². The zero-order chi connectivity index (χ0) is 28.2. The molecule has 1 amide bonds. The highest BCUT2D eigenvalue weighted by Crippen LogP contribution is 2.37. The predicted molar refractivity (Wildman–Crippen MR) is 168 cm³/mol. The molecule has 5 heteroatoms. The molecule has 1 aromatic heterocycles. The highest BCUT2D eigenvalue weighted by Gasteiger charge is 2.20. The van der Waals surface area contributed by atoms with Gasteiger partial charge in [0.1, 0.15) is 11.6 Å². The summed E-state index contributed by atoms with van der Waals surface area (Å²) >= 11 is 6.24. The van der Waals surface area contributed by atoms with Crippen molar-refractivity contribution in [2.45, 2.75) is 0 Å². The molecule has 0 aliphatic carbocycles. The summed E-state index contributed by atoms with van der Waals surface area (Å²) in [4.78, 5) is 13.4. The molecule has 0 saturated carbocycles. The molecular formula is C36H24ClN3O. The lowest BCUT2D eigenvalue weighted by molar-refractivity contribution is -0.112. The van der Waals surface area contributed by atoms with Crippen molar-refractivity contribution in [2.75, 3.05) is 5.32 Å². The number of amides is 1. The van der Waals surface area contributed by atoms with Gasteiger partial charge in [0.15, 0.2) is 0 Å². The Balaban J connectivity index is 1.50. The lowest BCUT2D eigenvalue weighted by Crippen LogP contribution is -2.13. The van der Waals surface area contributed by atoms with Crippen molar-refractivity contribution in [1.82, 2.24) is 4.57 Å². The van der Waals surface area contributed by atoms with Crippen LogP contribution in [0.2, 0.25) is 5.02 Å². The normalized spacial score (nSPS) is 11.3. The maximum Gasteiger partial charge on any atom is 0.266 e. The van der Waals surface area contributed by atoms with Crippen molar-refractivity contribution in [3.63, 3.8) is 0 Å². The molecule has 6 aromatic rings. The average Bonchev–Trinajstić information content (AvgIpc) is 3.40. The van der Waals surface area contributed by atoms with Gasteiger partial charge in [-0.25, -0.2) is 0 Å². The zero-order valence-electron chi connectivity index (χ0n) is 22.0. The van der Waals surface area contributed by atoms with E-state index in [2.05, 4.69) is 16.0 Å². The van der Waals surface area contributed by atoms with Crippen LogP contribution in [0, 0.1) is 11.3 Å². The number of hydrogen-bond donors (Lipinski definition) is 1. The average molecular weight is 550 g/mol. The lowest BCUT2D eigenvalue weighted by atomic mass is 10.0. The Hall–Kier alpha value is -5.37. The number of nitrogens with zero attached hydrogens (tertiary/aromatic N) is 2. The van der Waals surface area contributed by atoms with Gasteiger partial charge in [-0.05, 0) is 70.4 Å². The van der Waals surface area contributed by atoms with Crippen molar-refractivity contribution in [3.8, 4) is 34.3 Å². The molecule has 0 radical (unpaired) electrons. The molecule has 0 spiro atoms. The Kier molecular flexibility index (Phi) is 7.19. The van der Waals surface area contributed by atoms with Crippen LogP contribution in [0.1, 0.15) is 5.56 Å². The van der Waals surface area contributed by atoms with E-state index in [0.717, 1.165) is 44.5 Å². The minimum atomic E-state index is -0.470. The fraction of sp³-hybridized carbons (Fsp3) is 0. The third-order valence-electron chi connectivity index (χ3n) is 6.90. The quantitative estimate of drug-likeness (QED) is 0.166. The van der Waals surface area contributed by atoms with Gasteiger partial charge in [0, 0.05) is 22.0 Å². The van der Waals surface area contributed by atoms with E-state index in [9.17, 15) is 10.1 Å².